The van der Waals surface area contributed by atoms with E-state index in [9.17, 15) is 8.42 Å². The van der Waals surface area contributed by atoms with Gasteiger partial charge in [-0.25, -0.2) is 12.7 Å². The molecule has 5 heteroatoms. The second kappa shape index (κ2) is 6.84. The SMILES string of the molecule is Cc1ccc(N(c2cc3ccccc3n2C)S(=O)(=O)c2ccc(C)cc2)cc1. The molecule has 0 amide bonds. The summed E-state index contributed by atoms with van der Waals surface area (Å²) in [6, 6.07) is 24.3. The average Bonchev–Trinajstić information content (AvgIpc) is 3.00. The van der Waals surface area contributed by atoms with Crippen molar-refractivity contribution in [1.29, 1.82) is 0 Å². The monoisotopic (exact) mass is 390 g/mol. The molecular weight excluding hydrogens is 368 g/mol. The third-order valence-corrected chi connectivity index (χ3v) is 6.71. The van der Waals surface area contributed by atoms with Crippen molar-refractivity contribution in [1.82, 2.24) is 4.57 Å². The Morgan fingerprint density at radius 3 is 1.96 bits per heavy atom. The number of anilines is 2. The molecule has 0 aliphatic heterocycles. The predicted octanol–water partition coefficient (Wildman–Crippen LogP) is 5.32. The fraction of sp³-hybridized carbons (Fsp3) is 0.130. The minimum atomic E-state index is -3.79. The van der Waals surface area contributed by atoms with Gasteiger partial charge in [0.1, 0.15) is 5.82 Å². The summed E-state index contributed by atoms with van der Waals surface area (Å²) in [5, 5.41) is 0.996. The van der Waals surface area contributed by atoms with Crippen molar-refractivity contribution < 1.29 is 8.42 Å². The normalized spacial score (nSPS) is 11.7. The van der Waals surface area contributed by atoms with Gasteiger partial charge in [0.2, 0.25) is 0 Å². The van der Waals surface area contributed by atoms with Crippen LogP contribution in [0.3, 0.4) is 0 Å². The van der Waals surface area contributed by atoms with Crippen LogP contribution in [0.15, 0.2) is 83.8 Å². The first kappa shape index (κ1) is 18.3. The lowest BCUT2D eigenvalue weighted by atomic mass is 10.2. The van der Waals surface area contributed by atoms with Crippen LogP contribution in [0, 0.1) is 13.8 Å². The van der Waals surface area contributed by atoms with E-state index in [0.717, 1.165) is 22.0 Å². The van der Waals surface area contributed by atoms with E-state index in [4.69, 9.17) is 0 Å². The van der Waals surface area contributed by atoms with Gasteiger partial charge in [-0.1, -0.05) is 53.6 Å². The molecule has 0 unspecified atom stereocenters. The zero-order valence-electron chi connectivity index (χ0n) is 16.1. The van der Waals surface area contributed by atoms with E-state index >= 15 is 0 Å². The number of para-hydroxylation sites is 1. The lowest BCUT2D eigenvalue weighted by Crippen LogP contribution is -2.28. The minimum absolute atomic E-state index is 0.268. The van der Waals surface area contributed by atoms with Gasteiger partial charge in [-0.2, -0.15) is 0 Å². The number of fused-ring (bicyclic) bond motifs is 1. The number of hydrogen-bond acceptors (Lipinski definition) is 2. The predicted molar refractivity (Wildman–Crippen MR) is 115 cm³/mol. The maximum Gasteiger partial charge on any atom is 0.269 e. The number of rotatable bonds is 4. The van der Waals surface area contributed by atoms with Crippen molar-refractivity contribution in [2.24, 2.45) is 7.05 Å². The molecule has 0 N–H and O–H groups in total. The van der Waals surface area contributed by atoms with Crippen LogP contribution in [0.5, 0.6) is 0 Å². The Bertz CT molecular complexity index is 1240. The van der Waals surface area contributed by atoms with Gasteiger partial charge in [-0.15, -0.1) is 0 Å². The highest BCUT2D eigenvalue weighted by atomic mass is 32.2. The summed E-state index contributed by atoms with van der Waals surface area (Å²) in [4.78, 5) is 0.268. The van der Waals surface area contributed by atoms with Gasteiger partial charge in [-0.05, 0) is 50.2 Å². The smallest absolute Gasteiger partial charge is 0.269 e. The minimum Gasteiger partial charge on any atom is -0.329 e. The molecule has 0 spiro atoms. The Kier molecular flexibility index (Phi) is 4.47. The van der Waals surface area contributed by atoms with Crippen LogP contribution in [0.2, 0.25) is 0 Å². The van der Waals surface area contributed by atoms with Gasteiger partial charge in [0.25, 0.3) is 10.0 Å². The Balaban J connectivity index is 1.97. The zero-order valence-corrected chi connectivity index (χ0v) is 16.9. The molecule has 1 aromatic heterocycles. The number of sulfonamides is 1. The topological polar surface area (TPSA) is 42.3 Å². The van der Waals surface area contributed by atoms with E-state index in [1.165, 1.54) is 4.31 Å². The first-order valence-corrected chi connectivity index (χ1v) is 10.5. The molecule has 0 aliphatic rings. The second-order valence-corrected chi connectivity index (χ2v) is 8.83. The van der Waals surface area contributed by atoms with E-state index in [-0.39, 0.29) is 4.90 Å². The number of hydrogen-bond donors (Lipinski definition) is 0. The van der Waals surface area contributed by atoms with E-state index < -0.39 is 10.0 Å². The summed E-state index contributed by atoms with van der Waals surface area (Å²) in [5.41, 5.74) is 3.68. The molecule has 4 aromatic rings. The third-order valence-electron chi connectivity index (χ3n) is 4.96. The lowest BCUT2D eigenvalue weighted by Gasteiger charge is -2.25. The molecule has 28 heavy (non-hydrogen) atoms. The molecule has 0 radical (unpaired) electrons. The molecule has 0 atom stereocenters. The Morgan fingerprint density at radius 1 is 0.786 bits per heavy atom. The van der Waals surface area contributed by atoms with Crippen molar-refractivity contribution in [2.45, 2.75) is 18.7 Å². The lowest BCUT2D eigenvalue weighted by molar-refractivity contribution is 0.595. The quantitative estimate of drug-likeness (QED) is 0.473. The summed E-state index contributed by atoms with van der Waals surface area (Å²) in [7, 11) is -1.90. The van der Waals surface area contributed by atoms with Crippen molar-refractivity contribution in [3.05, 3.63) is 90.0 Å². The van der Waals surface area contributed by atoms with Gasteiger partial charge in [0.15, 0.2) is 0 Å². The molecule has 4 rings (SSSR count). The van der Waals surface area contributed by atoms with Crippen molar-refractivity contribution in [3.63, 3.8) is 0 Å². The van der Waals surface area contributed by atoms with Gasteiger partial charge in [0, 0.05) is 18.0 Å². The van der Waals surface area contributed by atoms with Crippen molar-refractivity contribution in [3.8, 4) is 0 Å². The Hall–Kier alpha value is -3.05. The van der Waals surface area contributed by atoms with Crippen LogP contribution >= 0.6 is 0 Å². The highest BCUT2D eigenvalue weighted by Crippen LogP contribution is 2.35. The van der Waals surface area contributed by atoms with Gasteiger partial charge in [-0.3, -0.25) is 0 Å². The number of nitrogens with zero attached hydrogens (tertiary/aromatic N) is 2. The highest BCUT2D eigenvalue weighted by Gasteiger charge is 2.29. The van der Waals surface area contributed by atoms with Crippen LogP contribution in [-0.4, -0.2) is 13.0 Å². The van der Waals surface area contributed by atoms with Gasteiger partial charge in [0.05, 0.1) is 10.6 Å². The summed E-state index contributed by atoms with van der Waals surface area (Å²) < 4.78 is 30.7. The molecule has 4 nitrogen and oxygen atoms in total. The number of aromatic nitrogens is 1. The Morgan fingerprint density at radius 2 is 1.36 bits per heavy atom. The highest BCUT2D eigenvalue weighted by molar-refractivity contribution is 7.93. The third kappa shape index (κ3) is 3.08. The molecule has 0 fully saturated rings. The van der Waals surface area contributed by atoms with Crippen LogP contribution in [0.25, 0.3) is 10.9 Å². The Labute approximate surface area is 165 Å². The summed E-state index contributed by atoms with van der Waals surface area (Å²) >= 11 is 0. The summed E-state index contributed by atoms with van der Waals surface area (Å²) in [6.45, 7) is 3.93. The van der Waals surface area contributed by atoms with Crippen molar-refractivity contribution >= 4 is 32.4 Å². The fourth-order valence-corrected chi connectivity index (χ4v) is 4.87. The maximum absolute atomic E-state index is 13.7. The second-order valence-electron chi connectivity index (χ2n) is 7.04. The molecule has 0 saturated carbocycles. The molecule has 0 bridgehead atoms. The van der Waals surface area contributed by atoms with Crippen LogP contribution in [-0.2, 0) is 17.1 Å². The van der Waals surface area contributed by atoms with E-state index in [1.807, 2.05) is 92.2 Å². The standard InChI is InChI=1S/C23H22N2O2S/c1-17-8-12-20(13-9-17)25(28(26,27)21-14-10-18(2)11-15-21)23-16-19-6-4-5-7-22(19)24(23)3/h4-16H,1-3H3. The van der Waals surface area contributed by atoms with E-state index in [2.05, 4.69) is 0 Å². The van der Waals surface area contributed by atoms with E-state index in [1.54, 1.807) is 12.1 Å². The van der Waals surface area contributed by atoms with Crippen molar-refractivity contribution in [2.75, 3.05) is 4.31 Å². The van der Waals surface area contributed by atoms with E-state index in [0.29, 0.717) is 11.5 Å². The number of aryl methyl sites for hydroxylation is 3. The molecule has 1 heterocycles. The first-order valence-electron chi connectivity index (χ1n) is 9.11. The zero-order chi connectivity index (χ0) is 19.9. The molecule has 3 aromatic carbocycles. The molecule has 0 aliphatic carbocycles. The van der Waals surface area contributed by atoms with Crippen LogP contribution in [0.1, 0.15) is 11.1 Å². The average molecular weight is 391 g/mol. The molecule has 142 valence electrons. The molecule has 0 saturated heterocycles. The van der Waals surface area contributed by atoms with Gasteiger partial charge < -0.3 is 4.57 Å². The summed E-state index contributed by atoms with van der Waals surface area (Å²) in [5.74, 6) is 0.602. The molecular formula is C23H22N2O2S. The largest absolute Gasteiger partial charge is 0.329 e. The van der Waals surface area contributed by atoms with Crippen LogP contribution < -0.4 is 4.31 Å². The number of benzene rings is 3. The van der Waals surface area contributed by atoms with Crippen LogP contribution in [0.4, 0.5) is 11.5 Å². The van der Waals surface area contributed by atoms with Gasteiger partial charge >= 0.3 is 0 Å². The summed E-state index contributed by atoms with van der Waals surface area (Å²) in [6.07, 6.45) is 0. The first-order chi connectivity index (χ1) is 13.4. The maximum atomic E-state index is 13.7. The fourth-order valence-electron chi connectivity index (χ4n) is 3.36.